The smallest absolute Gasteiger partial charge is 0.230 e. The molecule has 0 spiro atoms. The number of carbonyl (C=O) groups is 1. The number of aromatic nitrogens is 3. The van der Waals surface area contributed by atoms with Crippen LogP contribution < -0.4 is 5.32 Å². The number of hydrogen-bond donors (Lipinski definition) is 1. The van der Waals surface area contributed by atoms with Gasteiger partial charge in [0.05, 0.1) is 11.8 Å². The van der Waals surface area contributed by atoms with E-state index in [9.17, 15) is 4.79 Å². The van der Waals surface area contributed by atoms with E-state index in [0.29, 0.717) is 16.7 Å². The molecule has 1 aromatic heterocycles. The fourth-order valence-corrected chi connectivity index (χ4v) is 3.60. The van der Waals surface area contributed by atoms with Crippen LogP contribution in [0.4, 0.5) is 0 Å². The van der Waals surface area contributed by atoms with Crippen molar-refractivity contribution in [1.82, 2.24) is 25.0 Å². The van der Waals surface area contributed by atoms with Crippen LogP contribution in [-0.2, 0) is 11.3 Å². The summed E-state index contributed by atoms with van der Waals surface area (Å²) in [7, 11) is 3.99. The molecule has 0 aliphatic carbocycles. The molecule has 0 aliphatic rings. The Morgan fingerprint density at radius 2 is 1.83 bits per heavy atom. The Hall–Kier alpha value is -2.35. The van der Waals surface area contributed by atoms with Crippen molar-refractivity contribution in [3.8, 4) is 5.69 Å². The summed E-state index contributed by atoms with van der Waals surface area (Å²) in [6.07, 6.45) is 0. The molecule has 3 rings (SSSR count). The van der Waals surface area contributed by atoms with E-state index in [1.807, 2.05) is 73.3 Å². The molecule has 0 bridgehead atoms. The lowest BCUT2D eigenvalue weighted by Gasteiger charge is -2.20. The fraction of sp³-hybridized carbons (Fsp3) is 0.286. The Labute approximate surface area is 180 Å². The third-order valence-corrected chi connectivity index (χ3v) is 5.74. The zero-order valence-electron chi connectivity index (χ0n) is 16.7. The molecule has 6 nitrogen and oxygen atoms in total. The van der Waals surface area contributed by atoms with E-state index in [2.05, 4.69) is 27.3 Å². The molecule has 1 atom stereocenters. The SMILES string of the molecule is CC(c1nnc(SCC(=O)NCc2ccccc2)n1-c1ccc(Cl)cc1)N(C)C. The van der Waals surface area contributed by atoms with Gasteiger partial charge >= 0.3 is 0 Å². The van der Waals surface area contributed by atoms with E-state index in [-0.39, 0.29) is 17.7 Å². The summed E-state index contributed by atoms with van der Waals surface area (Å²) in [5.41, 5.74) is 1.98. The van der Waals surface area contributed by atoms with Crippen LogP contribution in [0, 0.1) is 0 Å². The van der Waals surface area contributed by atoms with Gasteiger partial charge in [0.2, 0.25) is 5.91 Å². The molecule has 0 saturated heterocycles. The molecule has 2 aromatic carbocycles. The maximum atomic E-state index is 12.3. The number of benzene rings is 2. The highest BCUT2D eigenvalue weighted by Crippen LogP contribution is 2.27. The second-order valence-corrected chi connectivity index (χ2v) is 8.22. The van der Waals surface area contributed by atoms with Crippen LogP contribution in [0.1, 0.15) is 24.4 Å². The summed E-state index contributed by atoms with van der Waals surface area (Å²) >= 11 is 7.41. The number of rotatable bonds is 8. The van der Waals surface area contributed by atoms with E-state index < -0.39 is 0 Å². The van der Waals surface area contributed by atoms with Gasteiger partial charge in [-0.3, -0.25) is 14.3 Å². The summed E-state index contributed by atoms with van der Waals surface area (Å²) in [5, 5.41) is 13.0. The minimum absolute atomic E-state index is 0.0493. The second-order valence-electron chi connectivity index (χ2n) is 6.84. The monoisotopic (exact) mass is 429 g/mol. The Bertz CT molecular complexity index is 943. The molecule has 1 unspecified atom stereocenters. The summed E-state index contributed by atoms with van der Waals surface area (Å²) in [6.45, 7) is 2.57. The Morgan fingerprint density at radius 3 is 2.48 bits per heavy atom. The first kappa shape index (κ1) is 21.4. The molecule has 0 fully saturated rings. The Morgan fingerprint density at radius 1 is 1.14 bits per heavy atom. The maximum absolute atomic E-state index is 12.3. The highest BCUT2D eigenvalue weighted by molar-refractivity contribution is 7.99. The number of nitrogens with zero attached hydrogens (tertiary/aromatic N) is 4. The summed E-state index contributed by atoms with van der Waals surface area (Å²) < 4.78 is 1.98. The number of thioether (sulfide) groups is 1. The van der Waals surface area contributed by atoms with Crippen LogP contribution >= 0.6 is 23.4 Å². The number of carbonyl (C=O) groups excluding carboxylic acids is 1. The van der Waals surface area contributed by atoms with Crippen LogP contribution in [0.5, 0.6) is 0 Å². The first-order valence-corrected chi connectivity index (χ1v) is 10.6. The van der Waals surface area contributed by atoms with Crippen molar-refractivity contribution in [1.29, 1.82) is 0 Å². The first-order chi connectivity index (χ1) is 14.0. The van der Waals surface area contributed by atoms with Gasteiger partial charge in [0.25, 0.3) is 0 Å². The Balaban J connectivity index is 1.74. The molecule has 0 saturated carbocycles. The number of halogens is 1. The van der Waals surface area contributed by atoms with Gasteiger partial charge in [-0.2, -0.15) is 0 Å². The van der Waals surface area contributed by atoms with Crippen LogP contribution in [0.25, 0.3) is 5.69 Å². The van der Waals surface area contributed by atoms with Crippen LogP contribution in [-0.4, -0.2) is 45.4 Å². The third kappa shape index (κ3) is 5.59. The van der Waals surface area contributed by atoms with Crippen molar-refractivity contribution in [3.63, 3.8) is 0 Å². The first-order valence-electron chi connectivity index (χ1n) is 9.27. The van der Waals surface area contributed by atoms with Crippen molar-refractivity contribution >= 4 is 29.3 Å². The molecule has 1 heterocycles. The van der Waals surface area contributed by atoms with E-state index >= 15 is 0 Å². The summed E-state index contributed by atoms with van der Waals surface area (Å²) in [5.74, 6) is 1.02. The highest BCUT2D eigenvalue weighted by Gasteiger charge is 2.21. The lowest BCUT2D eigenvalue weighted by molar-refractivity contribution is -0.118. The van der Waals surface area contributed by atoms with Crippen molar-refractivity contribution in [2.24, 2.45) is 0 Å². The van der Waals surface area contributed by atoms with E-state index in [1.54, 1.807) is 0 Å². The second kappa shape index (κ2) is 9.91. The highest BCUT2D eigenvalue weighted by atomic mass is 35.5. The van der Waals surface area contributed by atoms with E-state index in [0.717, 1.165) is 17.1 Å². The molecule has 1 amide bonds. The number of hydrogen-bond acceptors (Lipinski definition) is 5. The van der Waals surface area contributed by atoms with E-state index in [1.165, 1.54) is 11.8 Å². The third-order valence-electron chi connectivity index (χ3n) is 4.56. The molecule has 1 N–H and O–H groups in total. The van der Waals surface area contributed by atoms with Crippen LogP contribution in [0.2, 0.25) is 5.02 Å². The Kier molecular flexibility index (Phi) is 7.30. The number of amides is 1. The molecule has 8 heteroatoms. The van der Waals surface area contributed by atoms with Gasteiger partial charge in [0, 0.05) is 17.3 Å². The zero-order chi connectivity index (χ0) is 20.8. The average Bonchev–Trinajstić information content (AvgIpc) is 3.15. The maximum Gasteiger partial charge on any atom is 0.230 e. The molecular formula is C21H24ClN5OS. The van der Waals surface area contributed by atoms with E-state index in [4.69, 9.17) is 11.6 Å². The molecule has 152 valence electrons. The normalized spacial score (nSPS) is 12.2. The van der Waals surface area contributed by atoms with Gasteiger partial charge in [0.15, 0.2) is 11.0 Å². The largest absolute Gasteiger partial charge is 0.351 e. The summed E-state index contributed by atoms with van der Waals surface area (Å²) in [6, 6.07) is 17.4. The molecular weight excluding hydrogens is 406 g/mol. The minimum Gasteiger partial charge on any atom is -0.351 e. The predicted octanol–water partition coefficient (Wildman–Crippen LogP) is 3.95. The average molecular weight is 430 g/mol. The predicted molar refractivity (Wildman–Crippen MR) is 117 cm³/mol. The van der Waals surface area contributed by atoms with Crippen molar-refractivity contribution < 1.29 is 4.79 Å². The standard InChI is InChI=1S/C21H24ClN5OS/c1-15(26(2)3)20-24-25-21(27(20)18-11-9-17(22)10-12-18)29-14-19(28)23-13-16-7-5-4-6-8-16/h4-12,15H,13-14H2,1-3H3,(H,23,28). The van der Waals surface area contributed by atoms with Gasteiger partial charge in [0.1, 0.15) is 0 Å². The van der Waals surface area contributed by atoms with Gasteiger partial charge in [-0.25, -0.2) is 0 Å². The topological polar surface area (TPSA) is 63.1 Å². The molecule has 3 aromatic rings. The molecule has 29 heavy (non-hydrogen) atoms. The molecule has 0 radical (unpaired) electrons. The van der Waals surface area contributed by atoms with Crippen molar-refractivity contribution in [2.75, 3.05) is 19.8 Å². The minimum atomic E-state index is -0.0493. The van der Waals surface area contributed by atoms with Gasteiger partial charge < -0.3 is 5.32 Å². The van der Waals surface area contributed by atoms with Gasteiger partial charge in [-0.1, -0.05) is 53.7 Å². The van der Waals surface area contributed by atoms with Crippen LogP contribution in [0.15, 0.2) is 59.8 Å². The quantitative estimate of drug-likeness (QED) is 0.549. The van der Waals surface area contributed by atoms with Gasteiger partial charge in [-0.05, 0) is 50.8 Å². The lowest BCUT2D eigenvalue weighted by atomic mass is 10.2. The number of nitrogens with one attached hydrogen (secondary N) is 1. The van der Waals surface area contributed by atoms with Crippen molar-refractivity contribution in [3.05, 3.63) is 71.0 Å². The van der Waals surface area contributed by atoms with Crippen LogP contribution in [0.3, 0.4) is 0 Å². The fourth-order valence-electron chi connectivity index (χ4n) is 2.69. The zero-order valence-corrected chi connectivity index (χ0v) is 18.2. The molecule has 0 aliphatic heterocycles. The summed E-state index contributed by atoms with van der Waals surface area (Å²) in [4.78, 5) is 14.4. The van der Waals surface area contributed by atoms with Crippen molar-refractivity contribution in [2.45, 2.75) is 24.7 Å². The van der Waals surface area contributed by atoms with Gasteiger partial charge in [-0.15, -0.1) is 10.2 Å². The lowest BCUT2D eigenvalue weighted by Crippen LogP contribution is -2.24.